The fraction of sp³-hybridized carbons (Fsp3) is 0.750. The number of likely N-dealkylation sites (tertiary alicyclic amines) is 1. The second kappa shape index (κ2) is 11.5. The highest BCUT2D eigenvalue weighted by Crippen LogP contribution is 2.65. The van der Waals surface area contributed by atoms with E-state index in [2.05, 4.69) is 13.2 Å². The molecule has 1 spiro atoms. The van der Waals surface area contributed by atoms with Gasteiger partial charge in [0.05, 0.1) is 18.1 Å². The van der Waals surface area contributed by atoms with Crippen molar-refractivity contribution in [1.29, 1.82) is 0 Å². The molecule has 0 aromatic carbocycles. The molecule has 0 saturated carbocycles. The lowest BCUT2D eigenvalue weighted by molar-refractivity contribution is -0.162. The summed E-state index contributed by atoms with van der Waals surface area (Å²) >= 11 is 0. The molecular weight excluding hydrogens is 460 g/mol. The number of carbonyl (C=O) groups excluding carboxylic acids is 3. The van der Waals surface area contributed by atoms with Crippen molar-refractivity contribution in [2.45, 2.75) is 89.5 Å². The van der Waals surface area contributed by atoms with E-state index in [4.69, 9.17) is 9.47 Å². The summed E-state index contributed by atoms with van der Waals surface area (Å²) in [5, 5.41) is 9.32. The van der Waals surface area contributed by atoms with Crippen LogP contribution >= 0.6 is 0 Å². The van der Waals surface area contributed by atoms with E-state index >= 15 is 0 Å². The minimum absolute atomic E-state index is 0.0101. The molecule has 0 radical (unpaired) electrons. The lowest BCUT2D eigenvalue weighted by atomic mass is 9.62. The molecule has 3 unspecified atom stereocenters. The average Bonchev–Trinajstić information content (AvgIpc) is 3.33. The number of aliphatic hydroxyl groups excluding tert-OH is 1. The van der Waals surface area contributed by atoms with Crippen LogP contribution in [-0.4, -0.2) is 82.3 Å². The predicted molar refractivity (Wildman–Crippen MR) is 137 cm³/mol. The normalized spacial score (nSPS) is 32.6. The van der Waals surface area contributed by atoms with Crippen LogP contribution in [0.1, 0.15) is 66.2 Å². The number of hydrogen-bond acceptors (Lipinski definition) is 6. The first kappa shape index (κ1) is 28.4. The predicted octanol–water partition coefficient (Wildman–Crippen LogP) is 3.09. The molecule has 0 aromatic heterocycles. The molecule has 3 aliphatic rings. The van der Waals surface area contributed by atoms with Gasteiger partial charge in [0.15, 0.2) is 0 Å². The van der Waals surface area contributed by atoms with Crippen molar-refractivity contribution in [3.8, 4) is 0 Å². The summed E-state index contributed by atoms with van der Waals surface area (Å²) in [6, 6.07) is -0.922. The summed E-state index contributed by atoms with van der Waals surface area (Å²) < 4.78 is 12.4. The number of rotatable bonds is 14. The molecule has 3 aliphatic heterocycles. The Kier molecular flexibility index (Phi) is 9.04. The maximum Gasteiger partial charge on any atom is 0.312 e. The van der Waals surface area contributed by atoms with Gasteiger partial charge in [-0.3, -0.25) is 14.4 Å². The van der Waals surface area contributed by atoms with Gasteiger partial charge in [-0.2, -0.15) is 0 Å². The van der Waals surface area contributed by atoms with Gasteiger partial charge < -0.3 is 24.4 Å². The van der Waals surface area contributed by atoms with Crippen molar-refractivity contribution in [3.63, 3.8) is 0 Å². The maximum atomic E-state index is 14.1. The quantitative estimate of drug-likeness (QED) is 0.222. The van der Waals surface area contributed by atoms with Crippen LogP contribution in [0.5, 0.6) is 0 Å². The van der Waals surface area contributed by atoms with Gasteiger partial charge in [-0.1, -0.05) is 19.1 Å². The summed E-state index contributed by atoms with van der Waals surface area (Å²) in [5.41, 5.74) is -1.96. The minimum atomic E-state index is -1.08. The van der Waals surface area contributed by atoms with Gasteiger partial charge in [0, 0.05) is 25.7 Å². The molecule has 3 fully saturated rings. The molecule has 2 bridgehead atoms. The number of nitrogens with zero attached hydrogens (tertiary/aromatic N) is 2. The van der Waals surface area contributed by atoms with Gasteiger partial charge in [0.25, 0.3) is 0 Å². The first-order valence-electron chi connectivity index (χ1n) is 13.4. The molecule has 3 rings (SSSR count). The largest absolute Gasteiger partial charge is 0.465 e. The van der Waals surface area contributed by atoms with E-state index in [9.17, 15) is 19.5 Å². The monoisotopic (exact) mass is 504 g/mol. The van der Waals surface area contributed by atoms with Crippen molar-refractivity contribution >= 4 is 17.8 Å². The number of fused-ring (bicyclic) bond motifs is 1. The third-order valence-corrected chi connectivity index (χ3v) is 8.39. The highest BCUT2D eigenvalue weighted by atomic mass is 16.6. The second-order valence-corrected chi connectivity index (χ2v) is 11.0. The van der Waals surface area contributed by atoms with Crippen LogP contribution < -0.4 is 0 Å². The van der Waals surface area contributed by atoms with Crippen LogP contribution in [0.15, 0.2) is 25.3 Å². The number of aliphatic hydroxyl groups is 1. The van der Waals surface area contributed by atoms with Gasteiger partial charge in [0.1, 0.15) is 17.6 Å². The Bertz CT molecular complexity index is 859. The molecule has 0 aromatic rings. The number of hydrogen-bond donors (Lipinski definition) is 1. The average molecular weight is 505 g/mol. The fourth-order valence-electron chi connectivity index (χ4n) is 6.52. The van der Waals surface area contributed by atoms with Crippen molar-refractivity contribution < 1.29 is 29.0 Å². The fourth-order valence-corrected chi connectivity index (χ4v) is 6.52. The Hall–Kier alpha value is -2.19. The van der Waals surface area contributed by atoms with Crippen molar-refractivity contribution in [2.75, 3.05) is 26.3 Å². The van der Waals surface area contributed by atoms with Crippen molar-refractivity contribution in [2.24, 2.45) is 17.8 Å². The summed E-state index contributed by atoms with van der Waals surface area (Å²) in [5.74, 6) is -2.38. The van der Waals surface area contributed by atoms with Crippen LogP contribution in [0.3, 0.4) is 0 Å². The zero-order valence-electron chi connectivity index (χ0n) is 22.4. The number of allylic oxidation sites excluding steroid dienone is 1. The van der Waals surface area contributed by atoms with Crippen LogP contribution in [0, 0.1) is 17.8 Å². The molecule has 3 heterocycles. The smallest absolute Gasteiger partial charge is 0.312 e. The highest BCUT2D eigenvalue weighted by Gasteiger charge is 2.80. The van der Waals surface area contributed by atoms with E-state index in [0.29, 0.717) is 32.4 Å². The molecule has 36 heavy (non-hydrogen) atoms. The van der Waals surface area contributed by atoms with E-state index < -0.39 is 35.0 Å². The van der Waals surface area contributed by atoms with Crippen LogP contribution in [-0.2, 0) is 23.9 Å². The van der Waals surface area contributed by atoms with Crippen LogP contribution in [0.4, 0.5) is 0 Å². The van der Waals surface area contributed by atoms with E-state index in [0.717, 1.165) is 19.3 Å². The summed E-state index contributed by atoms with van der Waals surface area (Å²) in [6.45, 7) is 16.3. The van der Waals surface area contributed by atoms with E-state index in [1.807, 2.05) is 33.8 Å². The molecule has 8 nitrogen and oxygen atoms in total. The van der Waals surface area contributed by atoms with Gasteiger partial charge >= 0.3 is 5.97 Å². The molecule has 6 atom stereocenters. The van der Waals surface area contributed by atoms with Gasteiger partial charge in [0.2, 0.25) is 11.8 Å². The number of amides is 2. The number of unbranched alkanes of at least 4 members (excludes halogenated alkanes) is 3. The molecule has 2 amide bonds. The summed E-state index contributed by atoms with van der Waals surface area (Å²) in [4.78, 5) is 44.9. The Morgan fingerprint density at radius 2 is 1.97 bits per heavy atom. The molecular formula is C28H44N2O6. The zero-order chi connectivity index (χ0) is 26.7. The first-order valence-corrected chi connectivity index (χ1v) is 13.4. The van der Waals surface area contributed by atoms with Gasteiger partial charge in [-0.15, -0.1) is 13.2 Å². The Labute approximate surface area is 215 Å². The topological polar surface area (TPSA) is 96.4 Å². The van der Waals surface area contributed by atoms with Gasteiger partial charge in [-0.05, 0) is 65.2 Å². The molecule has 1 N–H and O–H groups in total. The lowest BCUT2D eigenvalue weighted by Crippen LogP contribution is -2.57. The van der Waals surface area contributed by atoms with Crippen molar-refractivity contribution in [1.82, 2.24) is 9.80 Å². The van der Waals surface area contributed by atoms with E-state index in [1.54, 1.807) is 15.9 Å². The highest BCUT2D eigenvalue weighted by molar-refractivity contribution is 5.98. The number of carbonyl (C=O) groups is 3. The molecule has 0 aliphatic carbocycles. The third kappa shape index (κ3) is 4.74. The minimum Gasteiger partial charge on any atom is -0.465 e. The molecule has 202 valence electrons. The van der Waals surface area contributed by atoms with Crippen LogP contribution in [0.25, 0.3) is 0 Å². The third-order valence-electron chi connectivity index (χ3n) is 8.39. The lowest BCUT2D eigenvalue weighted by Gasteiger charge is -2.38. The number of esters is 1. The Morgan fingerprint density at radius 1 is 1.25 bits per heavy atom. The molecule has 3 saturated heterocycles. The van der Waals surface area contributed by atoms with Crippen LogP contribution in [0.2, 0.25) is 0 Å². The Morgan fingerprint density at radius 3 is 2.58 bits per heavy atom. The summed E-state index contributed by atoms with van der Waals surface area (Å²) in [7, 11) is 0. The molecule has 8 heteroatoms. The first-order chi connectivity index (χ1) is 17.1. The number of ether oxygens (including phenoxy) is 2. The summed E-state index contributed by atoms with van der Waals surface area (Å²) in [6.07, 6.45) is 7.58. The Balaban J connectivity index is 1.97. The van der Waals surface area contributed by atoms with Crippen molar-refractivity contribution in [3.05, 3.63) is 25.3 Å². The van der Waals surface area contributed by atoms with E-state index in [1.165, 1.54) is 0 Å². The standard InChI is InChI=1S/C28H44N2O6/c1-7-9-10-13-17-35-26(34)22-21-24(32)30(15-11-12-16-31)23(25(33)29(14-8-2)19(3)4)28(21)18-20(5)27(22,6)36-28/h7-8,19-23,31H,1-2,9-18H2,3-6H3/t20?,21-,22-,23?,27+,28?/m0/s1. The van der Waals surface area contributed by atoms with Gasteiger partial charge in [-0.25, -0.2) is 0 Å². The SMILES string of the molecule is C=CCCCCOC(=O)[C@@H]1[C@H]2C(=O)N(CCCCO)C(C(=O)N(CC=C)C(C)C)C23CC(C)[C@@]1(C)O3. The maximum absolute atomic E-state index is 14.1. The second-order valence-electron chi connectivity index (χ2n) is 11.0. The van der Waals surface area contributed by atoms with E-state index in [-0.39, 0.29) is 37.0 Å². The zero-order valence-corrected chi connectivity index (χ0v) is 22.4.